The molecule has 3 heterocycles. The van der Waals surface area contributed by atoms with Crippen LogP contribution in [0.4, 0.5) is 0 Å². The molecule has 0 atom stereocenters. The average molecular weight is 678 g/mol. The second-order valence-corrected chi connectivity index (χ2v) is 8.34. The maximum atomic E-state index is 11.3. The van der Waals surface area contributed by atoms with Gasteiger partial charge in [-0.25, -0.2) is 0 Å². The van der Waals surface area contributed by atoms with E-state index in [1.54, 1.807) is 28.1 Å². The predicted molar refractivity (Wildman–Crippen MR) is 172 cm³/mol. The maximum Gasteiger partial charge on any atom is 1.00 e. The van der Waals surface area contributed by atoms with Gasteiger partial charge in [-0.2, -0.15) is 0 Å². The molecule has 44 heavy (non-hydrogen) atoms. The molecule has 0 aromatic rings. The number of carbonyl (C=O) groups is 3. The maximum absolute atomic E-state index is 11.3. The number of ether oxygens (including phenoxy) is 2. The van der Waals surface area contributed by atoms with E-state index in [9.17, 15) is 14.7 Å². The van der Waals surface area contributed by atoms with Crippen molar-refractivity contribution in [1.29, 1.82) is 0 Å². The third kappa shape index (κ3) is 20.0. The first-order valence-electron chi connectivity index (χ1n) is 12.4. The Balaban J connectivity index is -0.0000000668. The number of ketones is 2. The molecule has 13 heteroatoms. The number of aliphatic hydroxyl groups is 1. The predicted octanol–water partition coefficient (Wildman–Crippen LogP) is -0.146. The Bertz CT molecular complexity index is 1050. The number of aliphatic hydroxyl groups excluding tert-OH is 1. The zero-order chi connectivity index (χ0) is 29.3. The van der Waals surface area contributed by atoms with Crippen molar-refractivity contribution in [2.75, 3.05) is 33.9 Å². The molecule has 0 unspecified atom stereocenters. The second-order valence-electron chi connectivity index (χ2n) is 8.34. The van der Waals surface area contributed by atoms with Crippen LogP contribution in [0.25, 0.3) is 0 Å². The van der Waals surface area contributed by atoms with Crippen LogP contribution >= 0.6 is 0 Å². The summed E-state index contributed by atoms with van der Waals surface area (Å²) in [5.41, 5.74) is 4.99. The van der Waals surface area contributed by atoms with E-state index in [1.165, 1.54) is 5.57 Å². The number of hydrogen-bond acceptors (Lipinski definition) is 11. The number of nitrogens with zero attached hydrogens (tertiary/aromatic N) is 3. The van der Waals surface area contributed by atoms with Crippen molar-refractivity contribution in [2.24, 2.45) is 15.0 Å². The molecule has 0 amide bonds. The number of carbonyl (C=O) groups excluding carboxylic acids is 3. The molecular formula is C31H57K2N3O8. The molecule has 0 saturated carbocycles. The molecule has 0 spiro atoms. The molecule has 246 valence electrons. The molecule has 11 nitrogen and oxygen atoms in total. The third-order valence-corrected chi connectivity index (χ3v) is 5.44. The number of aliphatic imine (C=N–C) groups is 3. The van der Waals surface area contributed by atoms with Crippen molar-refractivity contribution >= 4 is 35.2 Å². The monoisotopic (exact) mass is 677 g/mol. The Morgan fingerprint density at radius 3 is 1.55 bits per heavy atom. The van der Waals surface area contributed by atoms with Gasteiger partial charge in [0.05, 0.1) is 39.6 Å². The molecule has 0 aromatic carbocycles. The van der Waals surface area contributed by atoms with Crippen molar-refractivity contribution in [1.82, 2.24) is 0 Å². The number of methoxy groups -OCH3 is 2. The van der Waals surface area contributed by atoms with Crippen LogP contribution in [0.2, 0.25) is 0 Å². The fourth-order valence-electron chi connectivity index (χ4n) is 3.46. The largest absolute Gasteiger partial charge is 1.00 e. The molecule has 0 aliphatic carbocycles. The van der Waals surface area contributed by atoms with Gasteiger partial charge in [-0.15, -0.1) is 0 Å². The van der Waals surface area contributed by atoms with Gasteiger partial charge in [-0.1, -0.05) is 56.9 Å². The van der Waals surface area contributed by atoms with Crippen molar-refractivity contribution in [3.8, 4) is 0 Å². The molecule has 3 rings (SSSR count). The van der Waals surface area contributed by atoms with Gasteiger partial charge in [0.1, 0.15) is 28.7 Å². The first-order valence-corrected chi connectivity index (χ1v) is 12.4. The standard InChI is InChI=1S/C9H13NO2.C9H15NO.C8H11NO2.CH2O3.4CH4.2K.H/c1-4-7(11)8-9(12-3)6(2)5-10-8;1-4-5-8-9(11-3)7(2)6-10-8;1-3-6(10)7-8(11)5(2)4-9-7;2-1-4-3;;;;;;;/h4-5H2,1-3H3;4-6H2,1-3H3;11H,3-4H2,1-2H3;1,3H;4*1H4;;;/q;;;;;;;;2*+1;-1/p-1. The minimum absolute atomic E-state index is 0. The van der Waals surface area contributed by atoms with E-state index >= 15 is 0 Å². The van der Waals surface area contributed by atoms with Gasteiger partial charge in [-0.05, 0) is 43.9 Å². The zero-order valence-corrected chi connectivity index (χ0v) is 31.9. The first kappa shape index (κ1) is 59.1. The minimum Gasteiger partial charge on any atom is -1.00 e. The van der Waals surface area contributed by atoms with Crippen molar-refractivity contribution in [3.05, 3.63) is 34.0 Å². The van der Waals surface area contributed by atoms with E-state index in [2.05, 4.69) is 33.7 Å². The van der Waals surface area contributed by atoms with Gasteiger partial charge in [0, 0.05) is 12.8 Å². The van der Waals surface area contributed by atoms with E-state index in [1.807, 2.05) is 13.8 Å². The number of Topliss-reactive ketones (excluding diaryl/α,β-unsaturated/α-hetero) is 2. The van der Waals surface area contributed by atoms with Gasteiger partial charge < -0.3 is 26.2 Å². The van der Waals surface area contributed by atoms with Gasteiger partial charge in [0.15, 0.2) is 11.6 Å². The van der Waals surface area contributed by atoms with Crippen LogP contribution in [-0.4, -0.2) is 74.1 Å². The van der Waals surface area contributed by atoms with Crippen LogP contribution in [-0.2, 0) is 28.7 Å². The van der Waals surface area contributed by atoms with Gasteiger partial charge in [-0.3, -0.25) is 29.4 Å². The fourth-order valence-corrected chi connectivity index (χ4v) is 3.46. The van der Waals surface area contributed by atoms with Crippen molar-refractivity contribution in [3.63, 3.8) is 0 Å². The molecule has 3 aliphatic rings. The third-order valence-electron chi connectivity index (χ3n) is 5.44. The quantitative estimate of drug-likeness (QED) is 0.153. The summed E-state index contributed by atoms with van der Waals surface area (Å²) in [6.07, 6.45) is 3.06. The second kappa shape index (κ2) is 34.0. The van der Waals surface area contributed by atoms with Crippen LogP contribution in [0, 0.1) is 0 Å². The molecule has 0 fully saturated rings. The Morgan fingerprint density at radius 1 is 0.795 bits per heavy atom. The average Bonchev–Trinajstić information content (AvgIpc) is 3.59. The molecule has 0 bridgehead atoms. The zero-order valence-electron chi connectivity index (χ0n) is 26.7. The van der Waals surface area contributed by atoms with Gasteiger partial charge in [0.2, 0.25) is 0 Å². The summed E-state index contributed by atoms with van der Waals surface area (Å²) in [7, 11) is 3.29. The Kier molecular flexibility index (Phi) is 45.7. The molecular weight excluding hydrogens is 621 g/mol. The van der Waals surface area contributed by atoms with Crippen LogP contribution in [0.15, 0.2) is 49.0 Å². The SMILES string of the molecule is C.C.C.C.CCC(=O)C1=NCC(C)=C1O.CCC(=O)C1=NCC(C)=C1OC.CCCC1=NCC(C)=C1OC.O=CO[O-].[H-].[K+].[K+]. The molecule has 3 aliphatic heterocycles. The van der Waals surface area contributed by atoms with E-state index < -0.39 is 0 Å². The van der Waals surface area contributed by atoms with Gasteiger partial charge in [0.25, 0.3) is 6.47 Å². The molecule has 0 aromatic heterocycles. The Hall–Kier alpha value is -0.327. The summed E-state index contributed by atoms with van der Waals surface area (Å²) in [6.45, 7) is 13.2. The summed E-state index contributed by atoms with van der Waals surface area (Å²) < 4.78 is 10.3. The van der Waals surface area contributed by atoms with Gasteiger partial charge >= 0.3 is 103 Å². The Labute approximate surface area is 353 Å². The Morgan fingerprint density at radius 2 is 1.18 bits per heavy atom. The molecule has 0 radical (unpaired) electrons. The van der Waals surface area contributed by atoms with Crippen LogP contribution in [0.5, 0.6) is 0 Å². The normalized spacial score (nSPS) is 13.5. The smallest absolute Gasteiger partial charge is 1.00 e. The topological polar surface area (TPSA) is 159 Å². The van der Waals surface area contributed by atoms with E-state index in [0.717, 1.165) is 42.0 Å². The fraction of sp³-hybridized carbons (Fsp3) is 0.613. The van der Waals surface area contributed by atoms with Crippen LogP contribution < -0.4 is 108 Å². The number of allylic oxidation sites excluding steroid dienone is 3. The van der Waals surface area contributed by atoms with E-state index in [4.69, 9.17) is 19.5 Å². The molecule has 1 N–H and O–H groups in total. The summed E-state index contributed by atoms with van der Waals surface area (Å²) in [5.74, 6) is 1.74. The van der Waals surface area contributed by atoms with Crippen molar-refractivity contribution in [2.45, 2.75) is 96.9 Å². The summed E-state index contributed by atoms with van der Waals surface area (Å²) >= 11 is 0. The number of hydrogen-bond donors (Lipinski definition) is 1. The minimum atomic E-state index is -0.181. The molecule has 0 saturated heterocycles. The van der Waals surface area contributed by atoms with E-state index in [0.29, 0.717) is 37.4 Å². The summed E-state index contributed by atoms with van der Waals surface area (Å²) in [6, 6.07) is 0. The van der Waals surface area contributed by atoms with Crippen LogP contribution in [0.3, 0.4) is 0 Å². The summed E-state index contributed by atoms with van der Waals surface area (Å²) in [4.78, 5) is 46.0. The van der Waals surface area contributed by atoms with Crippen molar-refractivity contribution < 1.29 is 143 Å². The number of rotatable bonds is 9. The van der Waals surface area contributed by atoms with Crippen LogP contribution in [0.1, 0.15) is 98.4 Å². The first-order chi connectivity index (χ1) is 18.1. The van der Waals surface area contributed by atoms with E-state index in [-0.39, 0.29) is 163 Å². The summed E-state index contributed by atoms with van der Waals surface area (Å²) in [5, 5.41) is 17.7.